The fourth-order valence-corrected chi connectivity index (χ4v) is 3.67. The molecule has 0 fully saturated rings. The van der Waals surface area contributed by atoms with Crippen LogP contribution in [0.2, 0.25) is 0 Å². The third-order valence-electron chi connectivity index (χ3n) is 5.10. The average molecular weight is 331 g/mol. The Hall–Kier alpha value is -2.08. The zero-order chi connectivity index (χ0) is 17.3. The highest BCUT2D eigenvalue weighted by molar-refractivity contribution is 5.69. The van der Waals surface area contributed by atoms with Crippen LogP contribution in [0, 0.1) is 0 Å². The highest BCUT2D eigenvalue weighted by Gasteiger charge is 2.06. The summed E-state index contributed by atoms with van der Waals surface area (Å²) < 4.78 is 0. The normalized spacial score (nSPS) is 14.1. The number of benzene rings is 2. The van der Waals surface area contributed by atoms with Gasteiger partial charge in [-0.3, -0.25) is 0 Å². The highest BCUT2D eigenvalue weighted by Crippen LogP contribution is 2.27. The van der Waals surface area contributed by atoms with E-state index in [2.05, 4.69) is 73.7 Å². The molecule has 0 saturated heterocycles. The zero-order valence-electron chi connectivity index (χ0n) is 15.5. The van der Waals surface area contributed by atoms with E-state index in [1.165, 1.54) is 79.2 Å². The summed E-state index contributed by atoms with van der Waals surface area (Å²) in [6.45, 7) is 2.21. The van der Waals surface area contributed by atoms with E-state index in [4.69, 9.17) is 0 Å². The van der Waals surface area contributed by atoms with Gasteiger partial charge >= 0.3 is 0 Å². The summed E-state index contributed by atoms with van der Waals surface area (Å²) in [5.74, 6) is 0. The lowest BCUT2D eigenvalue weighted by Gasteiger charge is -2.13. The monoisotopic (exact) mass is 330 g/mol. The summed E-state index contributed by atoms with van der Waals surface area (Å²) >= 11 is 0. The lowest BCUT2D eigenvalue weighted by atomic mass is 9.92. The third-order valence-corrected chi connectivity index (χ3v) is 5.10. The van der Waals surface area contributed by atoms with Crippen molar-refractivity contribution in [1.82, 2.24) is 0 Å². The van der Waals surface area contributed by atoms with Crippen LogP contribution in [0.15, 0.2) is 72.3 Å². The summed E-state index contributed by atoms with van der Waals surface area (Å²) in [6.07, 6.45) is 14.8. The van der Waals surface area contributed by atoms with Crippen LogP contribution < -0.4 is 0 Å². The van der Waals surface area contributed by atoms with Crippen LogP contribution in [0.3, 0.4) is 0 Å². The zero-order valence-corrected chi connectivity index (χ0v) is 15.5. The fourth-order valence-electron chi connectivity index (χ4n) is 3.67. The first kappa shape index (κ1) is 17.7. The average Bonchev–Trinajstić information content (AvgIpc) is 2.66. The van der Waals surface area contributed by atoms with Gasteiger partial charge in [0.1, 0.15) is 0 Å². The number of hydrogen-bond donors (Lipinski definition) is 0. The molecular weight excluding hydrogens is 300 g/mol. The van der Waals surface area contributed by atoms with E-state index in [0.29, 0.717) is 0 Å². The number of unbranched alkanes of at least 4 members (excludes halogenated alkanes) is 3. The molecule has 0 amide bonds. The third kappa shape index (κ3) is 5.74. The minimum atomic E-state index is 1.18. The summed E-state index contributed by atoms with van der Waals surface area (Å²) in [5, 5.41) is 0. The molecule has 0 radical (unpaired) electrons. The molecule has 0 nitrogen and oxygen atoms in total. The first-order chi connectivity index (χ1) is 12.3. The molecule has 0 heterocycles. The van der Waals surface area contributed by atoms with Crippen LogP contribution in [-0.4, -0.2) is 0 Å². The Bertz CT molecular complexity index is 719. The minimum Gasteiger partial charge on any atom is -0.0813 e. The predicted molar refractivity (Wildman–Crippen MR) is 110 cm³/mol. The van der Waals surface area contributed by atoms with Crippen LogP contribution in [0.5, 0.6) is 0 Å². The second kappa shape index (κ2) is 9.42. The van der Waals surface area contributed by atoms with E-state index in [1.54, 1.807) is 0 Å². The molecule has 0 saturated carbocycles. The quantitative estimate of drug-likeness (QED) is 0.451. The van der Waals surface area contributed by atoms with Crippen molar-refractivity contribution < 1.29 is 0 Å². The summed E-state index contributed by atoms with van der Waals surface area (Å²) in [6, 6.07) is 20.1. The van der Waals surface area contributed by atoms with E-state index >= 15 is 0 Å². The van der Waals surface area contributed by atoms with Gasteiger partial charge in [0, 0.05) is 0 Å². The molecule has 0 atom stereocenters. The van der Waals surface area contributed by atoms with Gasteiger partial charge in [-0.1, -0.05) is 85.2 Å². The van der Waals surface area contributed by atoms with E-state index in [0.717, 1.165) is 0 Å². The second-order valence-electron chi connectivity index (χ2n) is 7.26. The van der Waals surface area contributed by atoms with Crippen molar-refractivity contribution in [2.24, 2.45) is 0 Å². The topological polar surface area (TPSA) is 0 Å². The number of aryl methyl sites for hydroxylation is 2. The van der Waals surface area contributed by atoms with Gasteiger partial charge in [0.25, 0.3) is 0 Å². The Kier molecular flexibility index (Phi) is 6.68. The van der Waals surface area contributed by atoms with Crippen LogP contribution in [0.25, 0.3) is 5.57 Å². The van der Waals surface area contributed by atoms with Crippen molar-refractivity contribution in [3.63, 3.8) is 0 Å². The molecule has 1 aliphatic rings. The smallest absolute Gasteiger partial charge is 0.0222 e. The molecule has 130 valence electrons. The molecule has 0 bridgehead atoms. The summed E-state index contributed by atoms with van der Waals surface area (Å²) in [7, 11) is 0. The van der Waals surface area contributed by atoms with Crippen LogP contribution in [0.4, 0.5) is 0 Å². The largest absolute Gasteiger partial charge is 0.0813 e. The minimum absolute atomic E-state index is 1.18. The lowest BCUT2D eigenvalue weighted by molar-refractivity contribution is 0.640. The first-order valence-electron chi connectivity index (χ1n) is 9.82. The Morgan fingerprint density at radius 2 is 1.48 bits per heavy atom. The first-order valence-corrected chi connectivity index (χ1v) is 9.82. The Morgan fingerprint density at radius 1 is 0.760 bits per heavy atom. The standard InChI is InChI=1S/C25H30/c1-21-11-9-17-24(19-21)25-18-10-16-23(20-25)15-6-3-2-5-12-22-13-7-4-8-14-22/h4,7-8,10-11,13-14,16,18-20H,2-3,5-6,9,12,15,17H2,1H3. The van der Waals surface area contributed by atoms with Gasteiger partial charge in [-0.25, -0.2) is 0 Å². The van der Waals surface area contributed by atoms with E-state index in [9.17, 15) is 0 Å². The molecule has 2 aromatic rings. The maximum atomic E-state index is 2.41. The van der Waals surface area contributed by atoms with Gasteiger partial charge in [-0.2, -0.15) is 0 Å². The molecule has 3 rings (SSSR count). The van der Waals surface area contributed by atoms with E-state index < -0.39 is 0 Å². The van der Waals surface area contributed by atoms with Gasteiger partial charge in [-0.05, 0) is 67.7 Å². The molecule has 0 aromatic heterocycles. The van der Waals surface area contributed by atoms with Crippen molar-refractivity contribution in [1.29, 1.82) is 0 Å². The Labute approximate surface area is 153 Å². The van der Waals surface area contributed by atoms with E-state index in [1.807, 2.05) is 0 Å². The molecule has 25 heavy (non-hydrogen) atoms. The van der Waals surface area contributed by atoms with Crippen molar-refractivity contribution in [3.05, 3.63) is 89.0 Å². The number of hydrogen-bond acceptors (Lipinski definition) is 0. The summed E-state index contributed by atoms with van der Waals surface area (Å²) in [4.78, 5) is 0. The van der Waals surface area contributed by atoms with Crippen molar-refractivity contribution in [2.75, 3.05) is 0 Å². The van der Waals surface area contributed by atoms with E-state index in [-0.39, 0.29) is 0 Å². The van der Waals surface area contributed by atoms with Crippen molar-refractivity contribution >= 4 is 5.57 Å². The maximum Gasteiger partial charge on any atom is -0.0222 e. The number of rotatable bonds is 8. The van der Waals surface area contributed by atoms with Crippen LogP contribution in [-0.2, 0) is 12.8 Å². The van der Waals surface area contributed by atoms with Gasteiger partial charge < -0.3 is 0 Å². The van der Waals surface area contributed by atoms with Gasteiger partial charge in [0.05, 0.1) is 0 Å². The molecule has 0 heteroatoms. The van der Waals surface area contributed by atoms with Crippen LogP contribution >= 0.6 is 0 Å². The molecule has 0 N–H and O–H groups in total. The molecule has 0 spiro atoms. The molecule has 1 aliphatic carbocycles. The van der Waals surface area contributed by atoms with Gasteiger partial charge in [0.15, 0.2) is 0 Å². The summed E-state index contributed by atoms with van der Waals surface area (Å²) in [5.41, 5.74) is 7.30. The second-order valence-corrected chi connectivity index (χ2v) is 7.26. The predicted octanol–water partition coefficient (Wildman–Crippen LogP) is 7.16. The SMILES string of the molecule is CC1=CCCC(c2cccc(CCCCCCc3ccccc3)c2)=C1. The molecule has 0 aliphatic heterocycles. The Balaban J connectivity index is 1.41. The molecular formula is C25H30. The van der Waals surface area contributed by atoms with Crippen LogP contribution in [0.1, 0.15) is 62.1 Å². The van der Waals surface area contributed by atoms with Gasteiger partial charge in [0.2, 0.25) is 0 Å². The van der Waals surface area contributed by atoms with Gasteiger partial charge in [-0.15, -0.1) is 0 Å². The van der Waals surface area contributed by atoms with Crippen molar-refractivity contribution in [2.45, 2.75) is 58.3 Å². The molecule has 0 unspecified atom stereocenters. The fraction of sp³-hybridized carbons (Fsp3) is 0.360. The highest BCUT2D eigenvalue weighted by atomic mass is 14.1. The number of allylic oxidation sites excluding steroid dienone is 4. The molecule has 2 aromatic carbocycles. The Morgan fingerprint density at radius 3 is 2.24 bits per heavy atom. The van der Waals surface area contributed by atoms with Crippen molar-refractivity contribution in [3.8, 4) is 0 Å². The lowest BCUT2D eigenvalue weighted by Crippen LogP contribution is -1.93. The maximum absolute atomic E-state index is 2.41.